The van der Waals surface area contributed by atoms with Crippen molar-refractivity contribution in [2.75, 3.05) is 47.0 Å². The number of aromatic nitrogens is 1. The quantitative estimate of drug-likeness (QED) is 0.167. The number of H-pyrrole nitrogens is 1. The number of hydrogen-bond donors (Lipinski definition) is 4. The maximum atomic E-state index is 15.1. The van der Waals surface area contributed by atoms with Crippen molar-refractivity contribution in [3.63, 3.8) is 0 Å². The van der Waals surface area contributed by atoms with E-state index >= 15 is 4.79 Å². The molecule has 8 heterocycles. The van der Waals surface area contributed by atoms with Crippen LogP contribution in [-0.2, 0) is 32.7 Å². The molecule has 2 unspecified atom stereocenters. The van der Waals surface area contributed by atoms with Crippen molar-refractivity contribution in [1.82, 2.24) is 20.1 Å². The van der Waals surface area contributed by atoms with E-state index in [-0.39, 0.29) is 55.1 Å². The predicted molar refractivity (Wildman–Crippen MR) is 216 cm³/mol. The first kappa shape index (κ1) is 37.6. The molecule has 2 saturated heterocycles. The second kappa shape index (κ2) is 13.4. The molecule has 0 saturated carbocycles. The van der Waals surface area contributed by atoms with E-state index in [0.29, 0.717) is 53.7 Å². The van der Waals surface area contributed by atoms with E-state index in [1.54, 1.807) is 26.0 Å². The van der Waals surface area contributed by atoms with E-state index in [1.165, 1.54) is 6.92 Å². The number of aryl methyl sites for hydroxylation is 1. The average molecular weight is 812 g/mol. The fraction of sp³-hybridized carbons (Fsp3) is 0.488. The number of fused-ring (bicyclic) bond motifs is 11. The topological polar surface area (TPSA) is 170 Å². The van der Waals surface area contributed by atoms with Crippen LogP contribution in [0.1, 0.15) is 75.8 Å². The Kier molecular flexibility index (Phi) is 8.70. The van der Waals surface area contributed by atoms with Gasteiger partial charge in [0.15, 0.2) is 28.5 Å². The van der Waals surface area contributed by atoms with Crippen LogP contribution in [0.3, 0.4) is 0 Å². The molecule has 15 heteroatoms. The van der Waals surface area contributed by atoms with Gasteiger partial charge in [0.1, 0.15) is 18.1 Å². The molecule has 3 aromatic carbocycles. The van der Waals surface area contributed by atoms with E-state index in [9.17, 15) is 9.90 Å². The van der Waals surface area contributed by atoms with Crippen molar-refractivity contribution in [3.8, 4) is 34.5 Å². The van der Waals surface area contributed by atoms with Gasteiger partial charge in [-0.15, -0.1) is 11.8 Å². The molecule has 0 radical (unpaired) electrons. The molecule has 0 aliphatic carbocycles. The number of benzene rings is 3. The number of aromatic hydroxyl groups is 1. The molecule has 4 bridgehead atoms. The van der Waals surface area contributed by atoms with E-state index in [0.717, 1.165) is 50.0 Å². The zero-order chi connectivity index (χ0) is 40.5. The summed E-state index contributed by atoms with van der Waals surface area (Å²) < 4.78 is 36.8. The lowest BCUT2D eigenvalue weighted by Crippen LogP contribution is -2.69. The molecule has 11 rings (SSSR count). The van der Waals surface area contributed by atoms with Crippen LogP contribution in [0.4, 0.5) is 0 Å². The Morgan fingerprint density at radius 3 is 2.60 bits per heavy atom. The smallest absolute Gasteiger partial charge is 0.333 e. The van der Waals surface area contributed by atoms with Gasteiger partial charge in [-0.3, -0.25) is 19.9 Å². The first-order valence-electron chi connectivity index (χ1n) is 19.9. The van der Waals surface area contributed by atoms with E-state index < -0.39 is 28.8 Å². The van der Waals surface area contributed by atoms with Gasteiger partial charge < -0.3 is 44.2 Å². The van der Waals surface area contributed by atoms with Crippen LogP contribution in [0.5, 0.6) is 34.5 Å². The number of thioether (sulfide) groups is 1. The summed E-state index contributed by atoms with van der Waals surface area (Å²) in [5.74, 6) is 2.17. The molecule has 0 amide bonds. The lowest BCUT2D eigenvalue weighted by Gasteiger charge is -2.63. The lowest BCUT2D eigenvalue weighted by atomic mass is 9.71. The molecular formula is C43H49N5O9S. The fourth-order valence-electron chi connectivity index (χ4n) is 11.3. The standard InChI is InChI=1S/C43H49N5O9S/c1-18-10-22-11-28-20(3)48-29-15-54-42(51)43(41-26(12-23(14-44)46-43)25-13-24(52-6)8-9-27(25)45-41)16-58-40(34(48)33(47(28)5)30(22)35(50)36(18)53-7)32-31(29)39-38(55-17-56-39)19(2)37(32)57-21(4)49/h8-10,13,20,23,28-29,33-34,40,45-46,50H,11-12,14-17,44H2,1-7H3/t20-,23+,28+,29-,33?,34?,40+,43+/m0/s1. The average Bonchev–Trinajstić information content (AvgIpc) is 3.85. The second-order valence-electron chi connectivity index (χ2n) is 16.6. The van der Waals surface area contributed by atoms with Gasteiger partial charge in [-0.1, -0.05) is 6.07 Å². The van der Waals surface area contributed by atoms with Gasteiger partial charge in [0, 0.05) is 76.5 Å². The van der Waals surface area contributed by atoms with E-state index in [2.05, 4.69) is 40.1 Å². The summed E-state index contributed by atoms with van der Waals surface area (Å²) in [6, 6.07) is 6.62. The Bertz CT molecular complexity index is 2420. The lowest BCUT2D eigenvalue weighted by molar-refractivity contribution is -0.158. The van der Waals surface area contributed by atoms with Crippen molar-refractivity contribution in [3.05, 3.63) is 68.9 Å². The number of phenols is 1. The Labute approximate surface area is 340 Å². The summed E-state index contributed by atoms with van der Waals surface area (Å²) in [5.41, 5.74) is 12.8. The number of piperazine rings is 1. The number of aromatic amines is 1. The number of carbonyl (C=O) groups is 2. The van der Waals surface area contributed by atoms with Crippen molar-refractivity contribution >= 4 is 34.6 Å². The van der Waals surface area contributed by atoms with Crippen molar-refractivity contribution in [2.45, 2.75) is 87.6 Å². The maximum Gasteiger partial charge on any atom is 0.333 e. The summed E-state index contributed by atoms with van der Waals surface area (Å²) in [4.78, 5) is 36.7. The molecule has 8 atom stereocenters. The monoisotopic (exact) mass is 811 g/mol. The van der Waals surface area contributed by atoms with Crippen LogP contribution in [0.15, 0.2) is 24.3 Å². The molecule has 7 aliphatic rings. The van der Waals surface area contributed by atoms with Crippen LogP contribution in [-0.4, -0.2) is 103 Å². The van der Waals surface area contributed by atoms with Crippen LogP contribution < -0.4 is 34.7 Å². The highest BCUT2D eigenvalue weighted by Gasteiger charge is 2.61. The maximum absolute atomic E-state index is 15.1. The highest BCUT2D eigenvalue weighted by Crippen LogP contribution is 2.64. The summed E-state index contributed by atoms with van der Waals surface area (Å²) in [6.07, 6.45) is 1.31. The number of nitrogens with zero attached hydrogens (tertiary/aromatic N) is 2. The molecule has 4 aromatic rings. The van der Waals surface area contributed by atoms with Gasteiger partial charge >= 0.3 is 11.9 Å². The minimum atomic E-state index is -1.33. The molecule has 58 heavy (non-hydrogen) atoms. The normalized spacial score (nSPS) is 29.7. The second-order valence-corrected chi connectivity index (χ2v) is 17.7. The van der Waals surface area contributed by atoms with Crippen molar-refractivity contribution in [2.24, 2.45) is 5.73 Å². The minimum absolute atomic E-state index is 0.00523. The number of likely N-dealkylation sites (N-methyl/N-ethyl adjacent to an activating group) is 1. The Hall–Kier alpha value is -4.67. The largest absolute Gasteiger partial charge is 0.504 e. The SMILES string of the molecule is COc1ccc2[nH]c3c(c2c1)C[C@H](CN)N[C@]31CS[C@@H]2c3c(OC(C)=O)c(C)c4c(c3[C@H](COC1=O)N1C2C2c3c(cc(C)c(OC)c3O)C[C@H]([C@@H]1C)N2C)OCO4. The van der Waals surface area contributed by atoms with Gasteiger partial charge in [-0.05, 0) is 75.5 Å². The summed E-state index contributed by atoms with van der Waals surface area (Å²) in [7, 11) is 5.36. The van der Waals surface area contributed by atoms with Crippen LogP contribution in [0.2, 0.25) is 0 Å². The highest BCUT2D eigenvalue weighted by molar-refractivity contribution is 7.99. The zero-order valence-corrected chi connectivity index (χ0v) is 34.5. The van der Waals surface area contributed by atoms with E-state index in [4.69, 9.17) is 34.2 Å². The van der Waals surface area contributed by atoms with Crippen molar-refractivity contribution < 1.29 is 43.1 Å². The van der Waals surface area contributed by atoms with Gasteiger partial charge in [0.2, 0.25) is 6.79 Å². The summed E-state index contributed by atoms with van der Waals surface area (Å²) >= 11 is 1.61. The number of ether oxygens (including phenoxy) is 6. The predicted octanol–water partition coefficient (Wildman–Crippen LogP) is 4.59. The molecule has 306 valence electrons. The number of carbonyl (C=O) groups excluding carboxylic acids is 2. The first-order valence-corrected chi connectivity index (χ1v) is 21.0. The summed E-state index contributed by atoms with van der Waals surface area (Å²) in [5, 5.41) is 16.4. The molecule has 1 aromatic heterocycles. The van der Waals surface area contributed by atoms with Crippen LogP contribution in [0.25, 0.3) is 10.9 Å². The van der Waals surface area contributed by atoms with Gasteiger partial charge in [-0.2, -0.15) is 0 Å². The molecule has 2 fully saturated rings. The molecular weight excluding hydrogens is 763 g/mol. The third-order valence-corrected chi connectivity index (χ3v) is 15.2. The molecule has 5 N–H and O–H groups in total. The summed E-state index contributed by atoms with van der Waals surface area (Å²) in [6.45, 7) is 7.77. The Balaban J connectivity index is 1.24. The van der Waals surface area contributed by atoms with E-state index in [1.807, 2.05) is 32.0 Å². The number of nitrogens with one attached hydrogen (secondary N) is 2. The highest BCUT2D eigenvalue weighted by atomic mass is 32.2. The zero-order valence-electron chi connectivity index (χ0n) is 33.7. The minimum Gasteiger partial charge on any atom is -0.504 e. The third-order valence-electron chi connectivity index (χ3n) is 13.7. The van der Waals surface area contributed by atoms with Gasteiger partial charge in [0.25, 0.3) is 0 Å². The number of nitrogens with two attached hydrogens (primary N) is 1. The fourth-order valence-corrected chi connectivity index (χ4v) is 12.9. The number of esters is 2. The Morgan fingerprint density at radius 2 is 1.86 bits per heavy atom. The molecule has 1 spiro atoms. The van der Waals surface area contributed by atoms with Gasteiger partial charge in [0.05, 0.1) is 37.2 Å². The van der Waals surface area contributed by atoms with Crippen LogP contribution >= 0.6 is 11.8 Å². The number of methoxy groups -OCH3 is 2. The van der Waals surface area contributed by atoms with Gasteiger partial charge in [-0.25, -0.2) is 4.79 Å². The third kappa shape index (κ3) is 5.06. The molecule has 14 nitrogen and oxygen atoms in total. The number of rotatable bonds is 4. The van der Waals surface area contributed by atoms with Crippen LogP contribution in [0, 0.1) is 13.8 Å². The first-order chi connectivity index (χ1) is 27.9. The van der Waals surface area contributed by atoms with Crippen molar-refractivity contribution in [1.29, 1.82) is 0 Å². The number of phenolic OH excluding ortho intramolecular Hbond substituents is 1. The Morgan fingerprint density at radius 1 is 1.07 bits per heavy atom. The molecule has 7 aliphatic heterocycles. The number of hydrogen-bond acceptors (Lipinski definition) is 14.